The second-order valence-corrected chi connectivity index (χ2v) is 2.98. The van der Waals surface area contributed by atoms with E-state index in [2.05, 4.69) is 4.74 Å². The van der Waals surface area contributed by atoms with Crippen LogP contribution in [-0.2, 0) is 14.3 Å². The number of esters is 1. The van der Waals surface area contributed by atoms with Crippen molar-refractivity contribution < 1.29 is 31.9 Å². The smallest absolute Gasteiger partial charge is 0.383 e. The van der Waals surface area contributed by atoms with Gasteiger partial charge in [0.25, 0.3) is 5.91 Å². The van der Waals surface area contributed by atoms with Crippen molar-refractivity contribution in [1.29, 1.82) is 0 Å². The molecule has 0 aliphatic carbocycles. The van der Waals surface area contributed by atoms with Crippen LogP contribution < -0.4 is 0 Å². The number of carbonyl (C=O) groups excluding carboxylic acids is 2. The summed E-state index contributed by atoms with van der Waals surface area (Å²) in [6, 6.07) is 0. The lowest BCUT2D eigenvalue weighted by atomic mass is 10.3. The number of hydrogen-bond acceptors (Lipinski definition) is 3. The standard InChI is InChI=1S/C8H11F4NO3/c1-13(4-3-5(14)16-2)7(15)8(11,12)6(9)10/h6H,3-4H2,1-2H3. The number of amides is 1. The molecule has 1 amide bonds. The van der Waals surface area contributed by atoms with Crippen LogP contribution in [0.3, 0.4) is 0 Å². The summed E-state index contributed by atoms with van der Waals surface area (Å²) in [7, 11) is 1.99. The maximum Gasteiger partial charge on any atom is 0.383 e. The quantitative estimate of drug-likeness (QED) is 0.534. The summed E-state index contributed by atoms with van der Waals surface area (Å²) in [4.78, 5) is 21.8. The lowest BCUT2D eigenvalue weighted by Crippen LogP contribution is -2.46. The summed E-state index contributed by atoms with van der Waals surface area (Å²) in [5, 5.41) is 0. The maximum atomic E-state index is 12.5. The van der Waals surface area contributed by atoms with Crippen LogP contribution in [0.15, 0.2) is 0 Å². The van der Waals surface area contributed by atoms with Crippen molar-refractivity contribution in [3.8, 4) is 0 Å². The van der Waals surface area contributed by atoms with Crippen molar-refractivity contribution in [1.82, 2.24) is 4.90 Å². The first kappa shape index (κ1) is 14.7. The average molecular weight is 245 g/mol. The number of rotatable bonds is 5. The van der Waals surface area contributed by atoms with Gasteiger partial charge in [0.15, 0.2) is 0 Å². The van der Waals surface area contributed by atoms with Crippen LogP contribution in [0.2, 0.25) is 0 Å². The number of halogens is 4. The molecule has 0 spiro atoms. The molecular formula is C8H11F4NO3. The van der Waals surface area contributed by atoms with E-state index in [1.807, 2.05) is 0 Å². The van der Waals surface area contributed by atoms with Crippen molar-refractivity contribution in [2.45, 2.75) is 18.8 Å². The van der Waals surface area contributed by atoms with E-state index < -0.39 is 30.8 Å². The molecule has 94 valence electrons. The van der Waals surface area contributed by atoms with Crippen LogP contribution in [0, 0.1) is 0 Å². The van der Waals surface area contributed by atoms with Gasteiger partial charge in [-0.25, -0.2) is 8.78 Å². The molecule has 0 radical (unpaired) electrons. The Balaban J connectivity index is 4.34. The normalized spacial score (nSPS) is 11.4. The van der Waals surface area contributed by atoms with E-state index in [0.29, 0.717) is 4.90 Å². The number of hydrogen-bond donors (Lipinski definition) is 0. The SMILES string of the molecule is COC(=O)CCN(C)C(=O)C(F)(F)C(F)F. The molecule has 0 aromatic rings. The van der Waals surface area contributed by atoms with Crippen molar-refractivity contribution in [3.05, 3.63) is 0 Å². The first-order valence-corrected chi connectivity index (χ1v) is 4.21. The molecule has 0 rings (SSSR count). The lowest BCUT2D eigenvalue weighted by Gasteiger charge is -2.22. The number of alkyl halides is 4. The van der Waals surface area contributed by atoms with Crippen LogP contribution in [0.25, 0.3) is 0 Å². The van der Waals surface area contributed by atoms with Crippen LogP contribution in [0.4, 0.5) is 17.6 Å². The van der Waals surface area contributed by atoms with Gasteiger partial charge in [0, 0.05) is 13.6 Å². The molecule has 0 atom stereocenters. The Hall–Kier alpha value is -1.34. The van der Waals surface area contributed by atoms with Gasteiger partial charge in [-0.15, -0.1) is 0 Å². The molecule has 0 saturated heterocycles. The summed E-state index contributed by atoms with van der Waals surface area (Å²) in [5.74, 6) is -7.48. The second-order valence-electron chi connectivity index (χ2n) is 2.98. The summed E-state index contributed by atoms with van der Waals surface area (Å²) < 4.78 is 52.9. The van der Waals surface area contributed by atoms with Gasteiger partial charge < -0.3 is 9.64 Å². The van der Waals surface area contributed by atoms with E-state index in [0.717, 1.165) is 14.2 Å². The molecule has 0 aliphatic heterocycles. The molecular weight excluding hydrogens is 234 g/mol. The van der Waals surface area contributed by atoms with Gasteiger partial charge in [-0.1, -0.05) is 0 Å². The Labute approximate surface area is 89.2 Å². The van der Waals surface area contributed by atoms with E-state index >= 15 is 0 Å². The molecule has 16 heavy (non-hydrogen) atoms. The van der Waals surface area contributed by atoms with Gasteiger partial charge in [-0.3, -0.25) is 9.59 Å². The highest BCUT2D eigenvalue weighted by Gasteiger charge is 2.50. The van der Waals surface area contributed by atoms with Crippen LogP contribution in [0.1, 0.15) is 6.42 Å². The Morgan fingerprint density at radius 3 is 2.25 bits per heavy atom. The molecule has 4 nitrogen and oxygen atoms in total. The van der Waals surface area contributed by atoms with Crippen molar-refractivity contribution in [2.24, 2.45) is 0 Å². The fraction of sp³-hybridized carbons (Fsp3) is 0.750. The number of methoxy groups -OCH3 is 1. The number of ether oxygens (including phenoxy) is 1. The van der Waals surface area contributed by atoms with E-state index in [9.17, 15) is 27.2 Å². The minimum atomic E-state index is -4.73. The van der Waals surface area contributed by atoms with Crippen molar-refractivity contribution in [2.75, 3.05) is 20.7 Å². The first-order chi connectivity index (χ1) is 7.23. The average Bonchev–Trinajstić information content (AvgIpc) is 2.23. The minimum Gasteiger partial charge on any atom is -0.469 e. The number of carbonyl (C=O) groups is 2. The zero-order chi connectivity index (χ0) is 12.9. The fourth-order valence-electron chi connectivity index (χ4n) is 0.810. The molecule has 0 unspecified atom stereocenters. The molecule has 0 bridgehead atoms. The molecule has 0 aliphatic rings. The topological polar surface area (TPSA) is 46.6 Å². The summed E-state index contributed by atoms with van der Waals surface area (Å²) in [5.41, 5.74) is 0. The summed E-state index contributed by atoms with van der Waals surface area (Å²) in [6.45, 7) is -0.409. The van der Waals surface area contributed by atoms with Gasteiger partial charge in [-0.05, 0) is 0 Å². The predicted molar refractivity (Wildman–Crippen MR) is 45.2 cm³/mol. The van der Waals surface area contributed by atoms with Crippen molar-refractivity contribution in [3.63, 3.8) is 0 Å². The minimum absolute atomic E-state index is 0.335. The van der Waals surface area contributed by atoms with E-state index in [4.69, 9.17) is 0 Å². The van der Waals surface area contributed by atoms with E-state index in [1.165, 1.54) is 0 Å². The highest BCUT2D eigenvalue weighted by molar-refractivity contribution is 5.84. The van der Waals surface area contributed by atoms with Crippen LogP contribution in [-0.4, -0.2) is 49.8 Å². The highest BCUT2D eigenvalue weighted by atomic mass is 19.3. The van der Waals surface area contributed by atoms with E-state index in [-0.39, 0.29) is 6.42 Å². The lowest BCUT2D eigenvalue weighted by molar-refractivity contribution is -0.179. The largest absolute Gasteiger partial charge is 0.469 e. The summed E-state index contributed by atoms with van der Waals surface area (Å²) in [6.07, 6.45) is -4.40. The van der Waals surface area contributed by atoms with Gasteiger partial charge in [-0.2, -0.15) is 8.78 Å². The molecule has 0 aromatic heterocycles. The Kier molecular flexibility index (Phi) is 5.19. The maximum absolute atomic E-state index is 12.5. The molecule has 0 N–H and O–H groups in total. The monoisotopic (exact) mass is 245 g/mol. The molecule has 0 saturated carbocycles. The second kappa shape index (κ2) is 5.66. The first-order valence-electron chi connectivity index (χ1n) is 4.21. The van der Waals surface area contributed by atoms with Crippen LogP contribution in [0.5, 0.6) is 0 Å². The Morgan fingerprint density at radius 1 is 1.38 bits per heavy atom. The molecule has 0 heterocycles. The van der Waals surface area contributed by atoms with Gasteiger partial charge in [0.1, 0.15) is 0 Å². The molecule has 0 aromatic carbocycles. The molecule has 0 fully saturated rings. The van der Waals surface area contributed by atoms with E-state index in [1.54, 1.807) is 0 Å². The highest BCUT2D eigenvalue weighted by Crippen LogP contribution is 2.24. The third-order valence-electron chi connectivity index (χ3n) is 1.78. The number of nitrogens with zero attached hydrogens (tertiary/aromatic N) is 1. The molecule has 8 heteroatoms. The third-order valence-corrected chi connectivity index (χ3v) is 1.78. The Morgan fingerprint density at radius 2 is 1.88 bits per heavy atom. The van der Waals surface area contributed by atoms with Gasteiger partial charge in [0.2, 0.25) is 0 Å². The van der Waals surface area contributed by atoms with Gasteiger partial charge >= 0.3 is 18.3 Å². The van der Waals surface area contributed by atoms with Gasteiger partial charge in [0.05, 0.1) is 13.5 Å². The van der Waals surface area contributed by atoms with Crippen LogP contribution >= 0.6 is 0 Å². The zero-order valence-electron chi connectivity index (χ0n) is 8.68. The Bertz CT molecular complexity index is 270. The predicted octanol–water partition coefficient (Wildman–Crippen LogP) is 0.908. The summed E-state index contributed by atoms with van der Waals surface area (Å²) >= 11 is 0. The van der Waals surface area contributed by atoms with Crippen molar-refractivity contribution >= 4 is 11.9 Å². The third kappa shape index (κ3) is 3.67. The zero-order valence-corrected chi connectivity index (χ0v) is 8.68. The fourth-order valence-corrected chi connectivity index (χ4v) is 0.810.